The minimum absolute atomic E-state index is 0.213. The molecule has 2 aliphatic rings. The van der Waals surface area contributed by atoms with Gasteiger partial charge in [-0.1, -0.05) is 0 Å². The van der Waals surface area contributed by atoms with Crippen LogP contribution >= 0.6 is 0 Å². The Hall–Kier alpha value is -2.64. The lowest BCUT2D eigenvalue weighted by Crippen LogP contribution is -2.40. The molecule has 7 nitrogen and oxygen atoms in total. The van der Waals surface area contributed by atoms with E-state index >= 15 is 0 Å². The third-order valence-corrected chi connectivity index (χ3v) is 4.15. The second-order valence-electron chi connectivity index (χ2n) is 5.54. The second-order valence-corrected chi connectivity index (χ2v) is 5.54. The number of hydrogen-bond acceptors (Lipinski definition) is 3. The van der Waals surface area contributed by atoms with Crippen molar-refractivity contribution >= 4 is 23.6 Å². The van der Waals surface area contributed by atoms with E-state index in [0.717, 1.165) is 6.07 Å². The van der Waals surface area contributed by atoms with Crippen LogP contribution in [0.15, 0.2) is 18.2 Å². The van der Waals surface area contributed by atoms with Crippen molar-refractivity contribution in [3.8, 4) is 0 Å². The number of nitrogens with one attached hydrogen (secondary N) is 1. The van der Waals surface area contributed by atoms with Crippen LogP contribution in [0.5, 0.6) is 0 Å². The lowest BCUT2D eigenvalue weighted by Gasteiger charge is -2.22. The predicted octanol–water partition coefficient (Wildman–Crippen LogP) is 1.04. The Morgan fingerprint density at radius 3 is 2.74 bits per heavy atom. The molecule has 1 aromatic carbocycles. The number of benzene rings is 1. The van der Waals surface area contributed by atoms with E-state index in [9.17, 15) is 18.8 Å². The number of carbonyl (C=O) groups excluding carboxylic acids is 2. The maximum absolute atomic E-state index is 14.1. The van der Waals surface area contributed by atoms with Crippen molar-refractivity contribution in [1.82, 2.24) is 10.2 Å². The number of rotatable bonds is 3. The van der Waals surface area contributed by atoms with Crippen molar-refractivity contribution in [2.75, 3.05) is 24.5 Å². The van der Waals surface area contributed by atoms with Crippen molar-refractivity contribution in [3.05, 3.63) is 29.6 Å². The molecule has 0 spiro atoms. The first-order valence-electron chi connectivity index (χ1n) is 7.37. The van der Waals surface area contributed by atoms with E-state index in [1.807, 2.05) is 0 Å². The summed E-state index contributed by atoms with van der Waals surface area (Å²) in [7, 11) is 0. The fourth-order valence-corrected chi connectivity index (χ4v) is 2.98. The zero-order chi connectivity index (χ0) is 16.6. The molecule has 0 aromatic heterocycles. The van der Waals surface area contributed by atoms with Crippen LogP contribution in [0.3, 0.4) is 0 Å². The van der Waals surface area contributed by atoms with Gasteiger partial charge >= 0.3 is 12.0 Å². The van der Waals surface area contributed by atoms with E-state index in [4.69, 9.17) is 5.11 Å². The molecule has 0 radical (unpaired) electrons. The summed E-state index contributed by atoms with van der Waals surface area (Å²) < 4.78 is 14.1. The van der Waals surface area contributed by atoms with E-state index in [-0.39, 0.29) is 18.1 Å². The lowest BCUT2D eigenvalue weighted by molar-refractivity contribution is -0.141. The first kappa shape index (κ1) is 15.3. The van der Waals surface area contributed by atoms with Crippen LogP contribution in [0.4, 0.5) is 14.9 Å². The van der Waals surface area contributed by atoms with Gasteiger partial charge in [0.2, 0.25) is 0 Å². The second kappa shape index (κ2) is 5.86. The number of aliphatic carboxylic acids is 1. The van der Waals surface area contributed by atoms with Crippen LogP contribution in [-0.4, -0.2) is 53.6 Å². The van der Waals surface area contributed by atoms with Gasteiger partial charge in [0.1, 0.15) is 11.9 Å². The number of carboxylic acids is 1. The van der Waals surface area contributed by atoms with E-state index in [1.54, 1.807) is 0 Å². The number of hydrogen-bond donors (Lipinski definition) is 2. The Morgan fingerprint density at radius 1 is 1.30 bits per heavy atom. The zero-order valence-corrected chi connectivity index (χ0v) is 12.3. The van der Waals surface area contributed by atoms with Gasteiger partial charge in [0.15, 0.2) is 0 Å². The number of carbonyl (C=O) groups is 3. The Bertz CT molecular complexity index is 679. The molecule has 3 amide bonds. The van der Waals surface area contributed by atoms with Gasteiger partial charge < -0.3 is 15.3 Å². The van der Waals surface area contributed by atoms with E-state index in [0.29, 0.717) is 31.6 Å². The Balaban J connectivity index is 1.91. The molecular weight excluding hydrogens is 305 g/mol. The summed E-state index contributed by atoms with van der Waals surface area (Å²) in [6, 6.07) is 2.62. The molecule has 2 aliphatic heterocycles. The van der Waals surface area contributed by atoms with Gasteiger partial charge in [0.05, 0.1) is 5.56 Å². The molecule has 0 aliphatic carbocycles. The molecule has 122 valence electrons. The predicted molar refractivity (Wildman–Crippen MR) is 78.8 cm³/mol. The molecule has 0 bridgehead atoms. The topological polar surface area (TPSA) is 89.9 Å². The van der Waals surface area contributed by atoms with Crippen molar-refractivity contribution in [3.63, 3.8) is 0 Å². The number of likely N-dealkylation sites (tertiary alicyclic amines) is 1. The molecule has 1 aromatic rings. The normalized spacial score (nSPS) is 20.7. The van der Waals surface area contributed by atoms with Crippen LogP contribution in [-0.2, 0) is 4.79 Å². The van der Waals surface area contributed by atoms with Crippen molar-refractivity contribution in [1.29, 1.82) is 0 Å². The summed E-state index contributed by atoms with van der Waals surface area (Å²) in [5.74, 6) is -2.48. The maximum Gasteiger partial charge on any atom is 0.326 e. The Labute approximate surface area is 131 Å². The summed E-state index contributed by atoms with van der Waals surface area (Å²) in [4.78, 5) is 38.0. The number of nitrogens with zero attached hydrogens (tertiary/aromatic N) is 2. The first-order chi connectivity index (χ1) is 11.0. The smallest absolute Gasteiger partial charge is 0.326 e. The molecule has 23 heavy (non-hydrogen) atoms. The van der Waals surface area contributed by atoms with Crippen molar-refractivity contribution < 1.29 is 23.9 Å². The third-order valence-electron chi connectivity index (χ3n) is 4.15. The van der Waals surface area contributed by atoms with Crippen LogP contribution in [0.25, 0.3) is 0 Å². The van der Waals surface area contributed by atoms with Crippen LogP contribution in [0, 0.1) is 5.82 Å². The third kappa shape index (κ3) is 2.71. The fraction of sp³-hybridized carbons (Fsp3) is 0.400. The van der Waals surface area contributed by atoms with Gasteiger partial charge in [0, 0.05) is 25.3 Å². The van der Waals surface area contributed by atoms with Crippen LogP contribution < -0.4 is 10.2 Å². The number of urea groups is 1. The van der Waals surface area contributed by atoms with E-state index in [2.05, 4.69) is 5.32 Å². The van der Waals surface area contributed by atoms with Gasteiger partial charge in [-0.2, -0.15) is 0 Å². The Kier molecular flexibility index (Phi) is 3.89. The standard InChI is InChI=1S/C15H16FN3O4/c16-11-4-3-9(18-7-5-17-15(18)23)8-10(11)13(20)19-6-1-2-12(19)14(21)22/h3-4,8,12H,1-2,5-7H2,(H,17,23)(H,21,22). The SMILES string of the molecule is O=C(O)C1CCCN1C(=O)c1cc(N2CCNC2=O)ccc1F. The van der Waals surface area contributed by atoms with Gasteiger partial charge in [-0.15, -0.1) is 0 Å². The minimum atomic E-state index is -1.09. The molecule has 2 heterocycles. The largest absolute Gasteiger partial charge is 0.480 e. The lowest BCUT2D eigenvalue weighted by atomic mass is 10.1. The quantitative estimate of drug-likeness (QED) is 0.870. The number of carboxylic acid groups (broad SMARTS) is 1. The van der Waals surface area contributed by atoms with E-state index < -0.39 is 23.7 Å². The molecule has 2 saturated heterocycles. The van der Waals surface area contributed by atoms with Gasteiger partial charge in [-0.05, 0) is 31.0 Å². The highest BCUT2D eigenvalue weighted by atomic mass is 19.1. The van der Waals surface area contributed by atoms with Crippen LogP contribution in [0.2, 0.25) is 0 Å². The van der Waals surface area contributed by atoms with Gasteiger partial charge in [0.25, 0.3) is 5.91 Å². The molecular formula is C15H16FN3O4. The highest BCUT2D eigenvalue weighted by Crippen LogP contribution is 2.25. The molecule has 3 rings (SSSR count). The molecule has 2 N–H and O–H groups in total. The number of amides is 3. The maximum atomic E-state index is 14.1. The summed E-state index contributed by atoms with van der Waals surface area (Å²) in [6.45, 7) is 1.19. The van der Waals surface area contributed by atoms with Gasteiger partial charge in [-0.3, -0.25) is 9.69 Å². The Morgan fingerprint density at radius 2 is 2.09 bits per heavy atom. The fourth-order valence-electron chi connectivity index (χ4n) is 2.98. The number of halogens is 1. The molecule has 1 unspecified atom stereocenters. The summed E-state index contributed by atoms with van der Waals surface area (Å²) in [5, 5.41) is 11.8. The van der Waals surface area contributed by atoms with Crippen molar-refractivity contribution in [2.24, 2.45) is 0 Å². The summed E-state index contributed by atoms with van der Waals surface area (Å²) in [6.07, 6.45) is 0.926. The molecule has 2 fully saturated rings. The minimum Gasteiger partial charge on any atom is -0.480 e. The average molecular weight is 321 g/mol. The molecule has 0 saturated carbocycles. The molecule has 8 heteroatoms. The average Bonchev–Trinajstić information content (AvgIpc) is 3.16. The van der Waals surface area contributed by atoms with Crippen molar-refractivity contribution in [2.45, 2.75) is 18.9 Å². The summed E-state index contributed by atoms with van der Waals surface area (Å²) in [5.41, 5.74) is 0.200. The highest BCUT2D eigenvalue weighted by Gasteiger charge is 2.35. The monoisotopic (exact) mass is 321 g/mol. The van der Waals surface area contributed by atoms with Crippen LogP contribution in [0.1, 0.15) is 23.2 Å². The highest BCUT2D eigenvalue weighted by molar-refractivity contribution is 6.00. The van der Waals surface area contributed by atoms with Gasteiger partial charge in [-0.25, -0.2) is 14.0 Å². The van der Waals surface area contributed by atoms with E-state index in [1.165, 1.54) is 21.9 Å². The first-order valence-corrected chi connectivity index (χ1v) is 7.37. The number of anilines is 1. The zero-order valence-electron chi connectivity index (χ0n) is 12.3. The summed E-state index contributed by atoms with van der Waals surface area (Å²) >= 11 is 0. The molecule has 1 atom stereocenters.